The first kappa shape index (κ1) is 31.5. The molecule has 214 valence electrons. The van der Waals surface area contributed by atoms with Crippen molar-refractivity contribution in [3.05, 3.63) is 93.5 Å². The van der Waals surface area contributed by atoms with Gasteiger partial charge in [0.1, 0.15) is 12.6 Å². The maximum atomic E-state index is 14.1. The third kappa shape index (κ3) is 7.36. The first-order chi connectivity index (χ1) is 18.9. The van der Waals surface area contributed by atoms with Crippen LogP contribution in [0.3, 0.4) is 0 Å². The number of amides is 2. The minimum Gasteiger partial charge on any atom is -0.352 e. The van der Waals surface area contributed by atoms with Gasteiger partial charge in [0.05, 0.1) is 10.6 Å². The van der Waals surface area contributed by atoms with Crippen molar-refractivity contribution in [2.45, 2.75) is 64.6 Å². The third-order valence-corrected chi connectivity index (χ3v) is 9.34. The van der Waals surface area contributed by atoms with Crippen molar-refractivity contribution in [1.82, 2.24) is 10.2 Å². The summed E-state index contributed by atoms with van der Waals surface area (Å²) in [4.78, 5) is 28.6. The fraction of sp³-hybridized carbons (Fsp3) is 0.333. The molecule has 10 heteroatoms. The van der Waals surface area contributed by atoms with Crippen LogP contribution in [0, 0.1) is 13.8 Å². The van der Waals surface area contributed by atoms with E-state index in [4.69, 9.17) is 23.2 Å². The highest BCUT2D eigenvalue weighted by molar-refractivity contribution is 7.92. The van der Waals surface area contributed by atoms with Crippen LogP contribution in [0.15, 0.2) is 71.6 Å². The quantitative estimate of drug-likeness (QED) is 0.285. The number of carbonyl (C=O) groups excluding carboxylic acids is 2. The molecule has 7 nitrogen and oxygen atoms in total. The van der Waals surface area contributed by atoms with Gasteiger partial charge < -0.3 is 10.2 Å². The fourth-order valence-corrected chi connectivity index (χ4v) is 6.08. The van der Waals surface area contributed by atoms with Crippen LogP contribution in [0.25, 0.3) is 0 Å². The molecule has 2 atom stereocenters. The van der Waals surface area contributed by atoms with Crippen molar-refractivity contribution in [3.8, 4) is 0 Å². The lowest BCUT2D eigenvalue weighted by atomic mass is 10.1. The Labute approximate surface area is 247 Å². The van der Waals surface area contributed by atoms with E-state index in [-0.39, 0.29) is 23.4 Å². The first-order valence-corrected chi connectivity index (χ1v) is 15.2. The van der Waals surface area contributed by atoms with E-state index in [9.17, 15) is 18.0 Å². The van der Waals surface area contributed by atoms with Crippen molar-refractivity contribution in [3.63, 3.8) is 0 Å². The lowest BCUT2D eigenvalue weighted by Crippen LogP contribution is -2.52. The number of hydrogen-bond donors (Lipinski definition) is 1. The molecule has 1 N–H and O–H groups in total. The zero-order valence-electron chi connectivity index (χ0n) is 23.3. The molecule has 3 aromatic carbocycles. The standard InChI is InChI=1S/C30H35Cl2N3O4S/c1-6-21(3)33-30(37)23(5)34(18-24-15-16-25(31)17-27(24)32)29(36)19-35(28-14-10-11-20(2)22(28)4)40(38,39)26-12-8-7-9-13-26/h7-17,21,23H,6,18-19H2,1-5H3,(H,33,37)/t21-,23-/m0/s1. The molecule has 2 amide bonds. The second kappa shape index (κ2) is 13.5. The van der Waals surface area contributed by atoms with Gasteiger partial charge in [0.2, 0.25) is 11.8 Å². The summed E-state index contributed by atoms with van der Waals surface area (Å²) in [7, 11) is -4.14. The third-order valence-electron chi connectivity index (χ3n) is 6.98. The van der Waals surface area contributed by atoms with E-state index < -0.39 is 28.5 Å². The minimum atomic E-state index is -4.14. The summed E-state index contributed by atoms with van der Waals surface area (Å²) in [6.07, 6.45) is 0.713. The summed E-state index contributed by atoms with van der Waals surface area (Å²) in [5.41, 5.74) is 2.57. The number of anilines is 1. The van der Waals surface area contributed by atoms with Crippen molar-refractivity contribution in [2.24, 2.45) is 0 Å². The highest BCUT2D eigenvalue weighted by atomic mass is 35.5. The Hall–Kier alpha value is -3.07. The van der Waals surface area contributed by atoms with Crippen LogP contribution in [-0.2, 0) is 26.2 Å². The molecule has 0 fully saturated rings. The van der Waals surface area contributed by atoms with Crippen molar-refractivity contribution in [1.29, 1.82) is 0 Å². The Morgan fingerprint density at radius 1 is 0.950 bits per heavy atom. The molecular weight excluding hydrogens is 569 g/mol. The zero-order chi connectivity index (χ0) is 29.6. The highest BCUT2D eigenvalue weighted by Crippen LogP contribution is 2.29. The van der Waals surface area contributed by atoms with E-state index in [0.29, 0.717) is 27.7 Å². The molecule has 0 aromatic heterocycles. The number of sulfonamides is 1. The lowest BCUT2D eigenvalue weighted by molar-refractivity contribution is -0.139. The van der Waals surface area contributed by atoms with Crippen LogP contribution in [-0.4, -0.2) is 43.8 Å². The average molecular weight is 605 g/mol. The SMILES string of the molecule is CC[C@H](C)NC(=O)[C@H](C)N(Cc1ccc(Cl)cc1Cl)C(=O)CN(c1cccc(C)c1C)S(=O)(=O)c1ccccc1. The van der Waals surface area contributed by atoms with Gasteiger partial charge >= 0.3 is 0 Å². The molecule has 0 spiro atoms. The molecule has 0 aliphatic carbocycles. The Balaban J connectivity index is 2.08. The van der Waals surface area contributed by atoms with E-state index in [2.05, 4.69) is 5.32 Å². The van der Waals surface area contributed by atoms with E-state index >= 15 is 0 Å². The molecule has 0 bridgehead atoms. The molecule has 0 unspecified atom stereocenters. The molecule has 40 heavy (non-hydrogen) atoms. The van der Waals surface area contributed by atoms with Gasteiger partial charge in [-0.2, -0.15) is 0 Å². The van der Waals surface area contributed by atoms with Gasteiger partial charge in [-0.25, -0.2) is 8.42 Å². The lowest BCUT2D eigenvalue weighted by Gasteiger charge is -2.33. The Bertz CT molecular complexity index is 1470. The van der Waals surface area contributed by atoms with Crippen LogP contribution >= 0.6 is 23.2 Å². The number of benzene rings is 3. The van der Waals surface area contributed by atoms with E-state index in [1.807, 2.05) is 33.8 Å². The number of nitrogens with zero attached hydrogens (tertiary/aromatic N) is 2. The molecule has 0 aliphatic heterocycles. The fourth-order valence-electron chi connectivity index (χ4n) is 4.12. The van der Waals surface area contributed by atoms with Gasteiger partial charge in [0.25, 0.3) is 10.0 Å². The summed E-state index contributed by atoms with van der Waals surface area (Å²) < 4.78 is 29.0. The predicted octanol–water partition coefficient (Wildman–Crippen LogP) is 6.14. The summed E-state index contributed by atoms with van der Waals surface area (Å²) in [6, 6.07) is 17.2. The van der Waals surface area contributed by atoms with Gasteiger partial charge in [0, 0.05) is 22.6 Å². The molecule has 0 saturated carbocycles. The number of nitrogens with one attached hydrogen (secondary N) is 1. The van der Waals surface area contributed by atoms with E-state index in [1.165, 1.54) is 17.0 Å². The molecule has 3 aromatic rings. The van der Waals surface area contributed by atoms with Crippen LogP contribution in [0.2, 0.25) is 10.0 Å². The van der Waals surface area contributed by atoms with Crippen molar-refractivity contribution < 1.29 is 18.0 Å². The van der Waals surface area contributed by atoms with E-state index in [1.54, 1.807) is 55.5 Å². The minimum absolute atomic E-state index is 0.0179. The summed E-state index contributed by atoms with van der Waals surface area (Å²) in [6.45, 7) is 8.60. The molecule has 0 saturated heterocycles. The summed E-state index contributed by atoms with van der Waals surface area (Å²) in [5.74, 6) is -0.907. The zero-order valence-corrected chi connectivity index (χ0v) is 25.6. The largest absolute Gasteiger partial charge is 0.352 e. The average Bonchev–Trinajstić information content (AvgIpc) is 2.92. The van der Waals surface area contributed by atoms with Crippen molar-refractivity contribution >= 4 is 50.7 Å². The maximum Gasteiger partial charge on any atom is 0.264 e. The normalized spacial score (nSPS) is 12.9. The number of halogens is 2. The van der Waals surface area contributed by atoms with Crippen LogP contribution in [0.5, 0.6) is 0 Å². The highest BCUT2D eigenvalue weighted by Gasteiger charge is 2.33. The smallest absolute Gasteiger partial charge is 0.264 e. The van der Waals surface area contributed by atoms with Gasteiger partial charge in [0.15, 0.2) is 0 Å². The number of hydrogen-bond acceptors (Lipinski definition) is 4. The maximum absolute atomic E-state index is 14.1. The Morgan fingerprint density at radius 3 is 2.25 bits per heavy atom. The van der Waals surface area contributed by atoms with Gasteiger partial charge in [-0.15, -0.1) is 0 Å². The number of aryl methyl sites for hydroxylation is 1. The van der Waals surface area contributed by atoms with Gasteiger partial charge in [-0.05, 0) is 81.1 Å². The Morgan fingerprint density at radius 2 is 1.62 bits per heavy atom. The van der Waals surface area contributed by atoms with Gasteiger partial charge in [-0.3, -0.25) is 13.9 Å². The topological polar surface area (TPSA) is 86.8 Å². The monoisotopic (exact) mass is 603 g/mol. The molecule has 3 rings (SSSR count). The Kier molecular flexibility index (Phi) is 10.6. The van der Waals surface area contributed by atoms with Crippen LogP contribution in [0.1, 0.15) is 43.9 Å². The van der Waals surface area contributed by atoms with Crippen LogP contribution < -0.4 is 9.62 Å². The predicted molar refractivity (Wildman–Crippen MR) is 161 cm³/mol. The second-order valence-electron chi connectivity index (χ2n) is 9.79. The summed E-state index contributed by atoms with van der Waals surface area (Å²) in [5, 5.41) is 3.68. The van der Waals surface area contributed by atoms with E-state index in [0.717, 1.165) is 15.4 Å². The molecule has 0 heterocycles. The molecule has 0 aliphatic rings. The van der Waals surface area contributed by atoms with Crippen LogP contribution in [0.4, 0.5) is 5.69 Å². The van der Waals surface area contributed by atoms with Crippen molar-refractivity contribution in [2.75, 3.05) is 10.8 Å². The summed E-state index contributed by atoms with van der Waals surface area (Å²) >= 11 is 12.5. The van der Waals surface area contributed by atoms with Gasteiger partial charge in [-0.1, -0.05) is 66.5 Å². The molecule has 0 radical (unpaired) electrons. The molecular formula is C30H35Cl2N3O4S. The number of rotatable bonds is 11. The first-order valence-electron chi connectivity index (χ1n) is 13.0. The number of carbonyl (C=O) groups is 2. The second-order valence-corrected chi connectivity index (χ2v) is 12.5.